The van der Waals surface area contributed by atoms with E-state index in [4.69, 9.17) is 9.15 Å². The minimum atomic E-state index is -0.929. The molecule has 1 saturated carbocycles. The van der Waals surface area contributed by atoms with E-state index in [-0.39, 0.29) is 29.3 Å². The summed E-state index contributed by atoms with van der Waals surface area (Å²) in [6, 6.07) is 7.26. The molecular formula is C20H22N4O5S. The molecule has 1 aromatic carbocycles. The molecule has 2 aliphatic rings. The minimum absolute atomic E-state index is 0.00410. The molecule has 1 aliphatic heterocycles. The fraction of sp³-hybridized carbons (Fsp3) is 0.450. The van der Waals surface area contributed by atoms with Crippen LogP contribution in [0.5, 0.6) is 5.75 Å². The first-order valence-electron chi connectivity index (χ1n) is 9.78. The van der Waals surface area contributed by atoms with E-state index in [1.165, 1.54) is 4.90 Å². The molecule has 1 saturated heterocycles. The second-order valence-corrected chi connectivity index (χ2v) is 8.24. The van der Waals surface area contributed by atoms with Crippen LogP contribution in [-0.2, 0) is 14.4 Å². The maximum Gasteiger partial charge on any atom is 0.277 e. The molecule has 2 aromatic rings. The quantitative estimate of drug-likeness (QED) is 0.566. The Hall–Kier alpha value is -2.88. The Morgan fingerprint density at radius 3 is 2.77 bits per heavy atom. The van der Waals surface area contributed by atoms with Crippen molar-refractivity contribution in [1.82, 2.24) is 20.4 Å². The third kappa shape index (κ3) is 3.79. The molecule has 1 aliphatic carbocycles. The summed E-state index contributed by atoms with van der Waals surface area (Å²) in [6.07, 6.45) is 3.87. The minimum Gasteiger partial charge on any atom is -0.496 e. The molecule has 0 radical (unpaired) electrons. The van der Waals surface area contributed by atoms with Crippen LogP contribution >= 0.6 is 11.8 Å². The van der Waals surface area contributed by atoms with Crippen molar-refractivity contribution in [2.45, 2.75) is 42.9 Å². The molecule has 30 heavy (non-hydrogen) atoms. The first-order chi connectivity index (χ1) is 14.5. The monoisotopic (exact) mass is 430 g/mol. The zero-order valence-corrected chi connectivity index (χ0v) is 17.4. The van der Waals surface area contributed by atoms with E-state index in [2.05, 4.69) is 15.5 Å². The highest BCUT2D eigenvalue weighted by Crippen LogP contribution is 2.36. The average molecular weight is 430 g/mol. The molecule has 0 bridgehead atoms. The van der Waals surface area contributed by atoms with E-state index in [0.717, 1.165) is 31.0 Å². The molecule has 1 aromatic heterocycles. The standard InChI is InChI=1S/C20H22N4O5S/c1-28-14-8-4-3-7-13(14)17-22-23-19(29-17)30-12-16(26)24-11-15(25)21-18(27)20(24)9-5-2-6-10-20/h3-4,7-8H,2,5-6,9-12H2,1H3,(H,21,25,27). The fourth-order valence-corrected chi connectivity index (χ4v) is 4.70. The number of hydrogen-bond acceptors (Lipinski definition) is 8. The third-order valence-corrected chi connectivity index (χ3v) is 6.34. The van der Waals surface area contributed by atoms with Gasteiger partial charge in [0.1, 0.15) is 17.8 Å². The normalized spacial score (nSPS) is 18.4. The molecule has 10 heteroatoms. The Morgan fingerprint density at radius 2 is 2.00 bits per heavy atom. The number of aromatic nitrogens is 2. The van der Waals surface area contributed by atoms with E-state index in [1.807, 2.05) is 12.1 Å². The largest absolute Gasteiger partial charge is 0.496 e. The average Bonchev–Trinajstić information content (AvgIpc) is 3.24. The summed E-state index contributed by atoms with van der Waals surface area (Å²) in [7, 11) is 1.56. The van der Waals surface area contributed by atoms with Crippen LogP contribution in [0.3, 0.4) is 0 Å². The van der Waals surface area contributed by atoms with Gasteiger partial charge in [-0.25, -0.2) is 0 Å². The number of imide groups is 1. The number of para-hydroxylation sites is 1. The van der Waals surface area contributed by atoms with Crippen molar-refractivity contribution >= 4 is 29.5 Å². The molecule has 0 atom stereocenters. The Morgan fingerprint density at radius 1 is 1.23 bits per heavy atom. The van der Waals surface area contributed by atoms with E-state index in [1.54, 1.807) is 19.2 Å². The molecular weight excluding hydrogens is 408 g/mol. The molecule has 9 nitrogen and oxygen atoms in total. The van der Waals surface area contributed by atoms with Gasteiger partial charge < -0.3 is 14.1 Å². The molecule has 2 heterocycles. The van der Waals surface area contributed by atoms with Crippen LogP contribution in [0.1, 0.15) is 32.1 Å². The van der Waals surface area contributed by atoms with Gasteiger partial charge in [-0.3, -0.25) is 19.7 Å². The van der Waals surface area contributed by atoms with Gasteiger partial charge in [0.05, 0.1) is 18.4 Å². The lowest BCUT2D eigenvalue weighted by Crippen LogP contribution is -2.69. The number of nitrogens with one attached hydrogen (secondary N) is 1. The predicted octanol–water partition coefficient (Wildman–Crippen LogP) is 2.03. The van der Waals surface area contributed by atoms with Crippen LogP contribution in [0.4, 0.5) is 0 Å². The third-order valence-electron chi connectivity index (χ3n) is 5.54. The lowest BCUT2D eigenvalue weighted by atomic mass is 9.78. The number of amides is 3. The van der Waals surface area contributed by atoms with Crippen molar-refractivity contribution in [2.75, 3.05) is 19.4 Å². The second kappa shape index (κ2) is 8.47. The summed E-state index contributed by atoms with van der Waals surface area (Å²) in [6.45, 7) is -0.110. The van der Waals surface area contributed by atoms with Crippen molar-refractivity contribution in [3.05, 3.63) is 24.3 Å². The van der Waals surface area contributed by atoms with Gasteiger partial charge in [-0.1, -0.05) is 43.2 Å². The van der Waals surface area contributed by atoms with Gasteiger partial charge >= 0.3 is 0 Å². The topological polar surface area (TPSA) is 115 Å². The molecule has 4 rings (SSSR count). The van der Waals surface area contributed by atoms with Crippen molar-refractivity contribution in [1.29, 1.82) is 0 Å². The van der Waals surface area contributed by atoms with Crippen molar-refractivity contribution in [3.8, 4) is 17.2 Å². The van der Waals surface area contributed by atoms with Crippen LogP contribution < -0.4 is 10.1 Å². The van der Waals surface area contributed by atoms with Gasteiger partial charge in [0.2, 0.25) is 11.8 Å². The number of rotatable bonds is 5. The SMILES string of the molecule is COc1ccccc1-c1nnc(SCC(=O)N2CC(=O)NC(=O)C23CCCCC3)o1. The van der Waals surface area contributed by atoms with Gasteiger partial charge in [-0.15, -0.1) is 10.2 Å². The highest BCUT2D eigenvalue weighted by Gasteiger charge is 2.50. The Bertz CT molecular complexity index is 970. The first-order valence-corrected chi connectivity index (χ1v) is 10.8. The summed E-state index contributed by atoms with van der Waals surface area (Å²) in [5.74, 6) is -0.221. The first kappa shape index (κ1) is 20.4. The number of nitrogens with zero attached hydrogens (tertiary/aromatic N) is 3. The Balaban J connectivity index is 1.47. The van der Waals surface area contributed by atoms with Gasteiger partial charge in [0.25, 0.3) is 17.0 Å². The maximum atomic E-state index is 13.0. The zero-order valence-electron chi connectivity index (χ0n) is 16.6. The van der Waals surface area contributed by atoms with Gasteiger partial charge in [0, 0.05) is 0 Å². The summed E-state index contributed by atoms with van der Waals surface area (Å²) in [5.41, 5.74) is -0.272. The maximum absolute atomic E-state index is 13.0. The number of piperazine rings is 1. The zero-order chi connectivity index (χ0) is 21.1. The summed E-state index contributed by atoms with van der Waals surface area (Å²) < 4.78 is 11.0. The van der Waals surface area contributed by atoms with Crippen LogP contribution in [0, 0.1) is 0 Å². The van der Waals surface area contributed by atoms with E-state index in [9.17, 15) is 14.4 Å². The van der Waals surface area contributed by atoms with Crippen molar-refractivity contribution < 1.29 is 23.5 Å². The Kier molecular flexibility index (Phi) is 5.76. The summed E-state index contributed by atoms with van der Waals surface area (Å²) >= 11 is 1.09. The highest BCUT2D eigenvalue weighted by molar-refractivity contribution is 7.99. The van der Waals surface area contributed by atoms with Gasteiger partial charge in [-0.05, 0) is 25.0 Å². The second-order valence-electron chi connectivity index (χ2n) is 7.31. The number of carbonyl (C=O) groups excluding carboxylic acids is 3. The lowest BCUT2D eigenvalue weighted by molar-refractivity contribution is -0.158. The molecule has 3 amide bonds. The number of thioether (sulfide) groups is 1. The van der Waals surface area contributed by atoms with E-state index >= 15 is 0 Å². The Labute approximate surface area is 177 Å². The number of carbonyl (C=O) groups is 3. The smallest absolute Gasteiger partial charge is 0.277 e. The number of methoxy groups -OCH3 is 1. The van der Waals surface area contributed by atoms with Gasteiger partial charge in [-0.2, -0.15) is 0 Å². The van der Waals surface area contributed by atoms with Crippen LogP contribution in [-0.4, -0.2) is 57.8 Å². The van der Waals surface area contributed by atoms with Crippen LogP contribution in [0.2, 0.25) is 0 Å². The van der Waals surface area contributed by atoms with Crippen molar-refractivity contribution in [2.24, 2.45) is 0 Å². The molecule has 158 valence electrons. The summed E-state index contributed by atoms with van der Waals surface area (Å²) in [5, 5.41) is 10.7. The number of hydrogen-bond donors (Lipinski definition) is 1. The van der Waals surface area contributed by atoms with Crippen molar-refractivity contribution in [3.63, 3.8) is 0 Å². The fourth-order valence-electron chi connectivity index (χ4n) is 4.06. The molecule has 0 unspecified atom stereocenters. The molecule has 1 spiro atoms. The molecule has 1 N–H and O–H groups in total. The number of ether oxygens (including phenoxy) is 1. The van der Waals surface area contributed by atoms with E-state index < -0.39 is 11.4 Å². The van der Waals surface area contributed by atoms with Gasteiger partial charge in [0.15, 0.2) is 0 Å². The number of benzene rings is 1. The predicted molar refractivity (Wildman–Crippen MR) is 108 cm³/mol. The molecule has 2 fully saturated rings. The van der Waals surface area contributed by atoms with Crippen LogP contribution in [0.25, 0.3) is 11.5 Å². The van der Waals surface area contributed by atoms with E-state index in [0.29, 0.717) is 30.0 Å². The summed E-state index contributed by atoms with van der Waals surface area (Å²) in [4.78, 5) is 38.9. The lowest BCUT2D eigenvalue weighted by Gasteiger charge is -2.47. The van der Waals surface area contributed by atoms with Crippen LogP contribution in [0.15, 0.2) is 33.9 Å². The highest BCUT2D eigenvalue weighted by atomic mass is 32.2.